The van der Waals surface area contributed by atoms with Crippen molar-refractivity contribution in [3.05, 3.63) is 35.6 Å². The Morgan fingerprint density at radius 2 is 1.78 bits per heavy atom. The maximum Gasteiger partial charge on any atom is 0.328 e. The maximum absolute atomic E-state index is 13.9. The molecule has 150 valence electrons. The number of unbranched alkanes of at least 4 members (excludes halogenated alkanes) is 3. The van der Waals surface area contributed by atoms with Crippen molar-refractivity contribution in [3.8, 4) is 0 Å². The number of hydrogen-bond donors (Lipinski definition) is 2. The van der Waals surface area contributed by atoms with Crippen molar-refractivity contribution in [1.29, 1.82) is 0 Å². The van der Waals surface area contributed by atoms with E-state index in [4.69, 9.17) is 4.74 Å². The Labute approximate surface area is 159 Å². The van der Waals surface area contributed by atoms with Gasteiger partial charge in [-0.1, -0.05) is 50.8 Å². The summed E-state index contributed by atoms with van der Waals surface area (Å²) in [5.41, 5.74) is 0.309. The maximum atomic E-state index is 13.9. The average Bonchev–Trinajstić information content (AvgIpc) is 2.64. The quantitative estimate of drug-likeness (QED) is 0.456. The SMILES string of the molecule is CCCCCC[C@H](NC(=O)[C@@H](Cc1ccccc1F)NC(C)=O)C(=O)OC. The van der Waals surface area contributed by atoms with Crippen molar-refractivity contribution in [2.24, 2.45) is 0 Å². The fourth-order valence-corrected chi connectivity index (χ4v) is 2.78. The number of carbonyl (C=O) groups is 3. The number of benzene rings is 1. The van der Waals surface area contributed by atoms with Crippen LogP contribution in [0.15, 0.2) is 24.3 Å². The van der Waals surface area contributed by atoms with Gasteiger partial charge in [0.05, 0.1) is 7.11 Å². The van der Waals surface area contributed by atoms with Gasteiger partial charge in [-0.25, -0.2) is 9.18 Å². The lowest BCUT2D eigenvalue weighted by Gasteiger charge is -2.22. The molecule has 0 saturated carbocycles. The van der Waals surface area contributed by atoms with Crippen LogP contribution in [0.1, 0.15) is 51.5 Å². The minimum Gasteiger partial charge on any atom is -0.467 e. The third-order valence-electron chi connectivity index (χ3n) is 4.22. The number of nitrogens with one attached hydrogen (secondary N) is 2. The molecule has 0 aliphatic carbocycles. The molecular weight excluding hydrogens is 351 g/mol. The van der Waals surface area contributed by atoms with Gasteiger partial charge in [-0.2, -0.15) is 0 Å². The minimum atomic E-state index is -0.984. The molecule has 2 N–H and O–H groups in total. The Bertz CT molecular complexity index is 636. The molecule has 0 aliphatic rings. The van der Waals surface area contributed by atoms with E-state index in [1.54, 1.807) is 18.2 Å². The second-order valence-corrected chi connectivity index (χ2v) is 6.48. The molecule has 7 heteroatoms. The summed E-state index contributed by atoms with van der Waals surface area (Å²) in [6.45, 7) is 3.37. The number of esters is 1. The molecule has 0 aromatic heterocycles. The first-order valence-electron chi connectivity index (χ1n) is 9.27. The van der Waals surface area contributed by atoms with Gasteiger partial charge in [0.15, 0.2) is 0 Å². The zero-order valence-corrected chi connectivity index (χ0v) is 16.2. The van der Waals surface area contributed by atoms with Gasteiger partial charge in [-0.3, -0.25) is 9.59 Å². The van der Waals surface area contributed by atoms with Gasteiger partial charge in [0.1, 0.15) is 17.9 Å². The van der Waals surface area contributed by atoms with Gasteiger partial charge in [-0.05, 0) is 18.1 Å². The highest BCUT2D eigenvalue weighted by atomic mass is 19.1. The molecule has 0 spiro atoms. The van der Waals surface area contributed by atoms with Crippen LogP contribution in [0.5, 0.6) is 0 Å². The summed E-state index contributed by atoms with van der Waals surface area (Å²) in [6.07, 6.45) is 4.26. The van der Waals surface area contributed by atoms with Crippen molar-refractivity contribution in [3.63, 3.8) is 0 Å². The molecule has 0 bridgehead atoms. The molecule has 1 aromatic carbocycles. The van der Waals surface area contributed by atoms with Crippen LogP contribution in [0.3, 0.4) is 0 Å². The zero-order valence-electron chi connectivity index (χ0n) is 16.2. The largest absolute Gasteiger partial charge is 0.467 e. The fraction of sp³-hybridized carbons (Fsp3) is 0.550. The van der Waals surface area contributed by atoms with Crippen LogP contribution < -0.4 is 10.6 Å². The summed E-state index contributed by atoms with van der Waals surface area (Å²) < 4.78 is 18.7. The highest BCUT2D eigenvalue weighted by Crippen LogP contribution is 2.11. The normalized spacial score (nSPS) is 12.7. The molecule has 0 unspecified atom stereocenters. The molecular formula is C20H29FN2O4. The molecule has 2 atom stereocenters. The Kier molecular flexibility index (Phi) is 10.1. The van der Waals surface area contributed by atoms with E-state index in [2.05, 4.69) is 17.6 Å². The van der Waals surface area contributed by atoms with Crippen molar-refractivity contribution in [1.82, 2.24) is 10.6 Å². The highest BCUT2D eigenvalue weighted by Gasteiger charge is 2.27. The summed E-state index contributed by atoms with van der Waals surface area (Å²) in [7, 11) is 1.26. The van der Waals surface area contributed by atoms with Gasteiger partial charge in [0.2, 0.25) is 11.8 Å². The summed E-state index contributed by atoms with van der Waals surface area (Å²) in [5.74, 6) is -1.94. The predicted molar refractivity (Wildman–Crippen MR) is 100 cm³/mol. The first-order valence-corrected chi connectivity index (χ1v) is 9.27. The van der Waals surface area contributed by atoms with Gasteiger partial charge in [0.25, 0.3) is 0 Å². The Balaban J connectivity index is 2.83. The van der Waals surface area contributed by atoms with Crippen LogP contribution in [0, 0.1) is 5.82 Å². The summed E-state index contributed by atoms with van der Waals surface area (Å²) >= 11 is 0. The molecule has 2 amide bonds. The molecule has 1 rings (SSSR count). The Morgan fingerprint density at radius 1 is 1.07 bits per heavy atom. The van der Waals surface area contributed by atoms with E-state index >= 15 is 0 Å². The standard InChI is InChI=1S/C20H29FN2O4/c1-4-5-6-7-12-17(20(26)27-3)23-19(25)18(22-14(2)24)13-15-10-8-9-11-16(15)21/h8-11,17-18H,4-7,12-13H2,1-3H3,(H,22,24)(H,23,25)/t17-,18+/m0/s1. The second-order valence-electron chi connectivity index (χ2n) is 6.48. The van der Waals surface area contributed by atoms with E-state index in [-0.39, 0.29) is 6.42 Å². The van der Waals surface area contributed by atoms with Crippen molar-refractivity contribution in [2.45, 2.75) is 64.5 Å². The lowest BCUT2D eigenvalue weighted by Crippen LogP contribution is -2.52. The van der Waals surface area contributed by atoms with E-state index < -0.39 is 35.7 Å². The molecule has 0 saturated heterocycles. The monoisotopic (exact) mass is 380 g/mol. The number of methoxy groups -OCH3 is 1. The molecule has 1 aromatic rings. The number of rotatable bonds is 11. The smallest absolute Gasteiger partial charge is 0.328 e. The lowest BCUT2D eigenvalue weighted by atomic mass is 10.0. The van der Waals surface area contributed by atoms with E-state index in [0.29, 0.717) is 12.0 Å². The van der Waals surface area contributed by atoms with Crippen LogP contribution in [-0.4, -0.2) is 37.0 Å². The van der Waals surface area contributed by atoms with Crippen molar-refractivity contribution < 1.29 is 23.5 Å². The molecule has 0 heterocycles. The van der Waals surface area contributed by atoms with Crippen LogP contribution in [0.4, 0.5) is 4.39 Å². The number of hydrogen-bond acceptors (Lipinski definition) is 4. The topological polar surface area (TPSA) is 84.5 Å². The summed E-state index contributed by atoms with van der Waals surface area (Å²) in [6, 6.07) is 4.28. The summed E-state index contributed by atoms with van der Waals surface area (Å²) in [5, 5.41) is 5.16. The predicted octanol–water partition coefficient (Wildman–Crippen LogP) is 2.50. The fourth-order valence-electron chi connectivity index (χ4n) is 2.78. The molecule has 0 aliphatic heterocycles. The molecule has 27 heavy (non-hydrogen) atoms. The number of halogens is 1. The van der Waals surface area contributed by atoms with E-state index in [1.165, 1.54) is 20.1 Å². The van der Waals surface area contributed by atoms with Crippen LogP contribution >= 0.6 is 0 Å². The highest BCUT2D eigenvalue weighted by molar-refractivity contribution is 5.90. The molecule has 6 nitrogen and oxygen atoms in total. The van der Waals surface area contributed by atoms with Crippen LogP contribution in [0.25, 0.3) is 0 Å². The third kappa shape index (κ3) is 8.19. The first-order chi connectivity index (χ1) is 12.9. The Hall–Kier alpha value is -2.44. The first kappa shape index (κ1) is 22.6. The van der Waals surface area contributed by atoms with Gasteiger partial charge in [0, 0.05) is 13.3 Å². The van der Waals surface area contributed by atoms with E-state index in [0.717, 1.165) is 25.7 Å². The van der Waals surface area contributed by atoms with Gasteiger partial charge < -0.3 is 15.4 Å². The van der Waals surface area contributed by atoms with Crippen molar-refractivity contribution in [2.75, 3.05) is 7.11 Å². The van der Waals surface area contributed by atoms with Gasteiger partial charge in [-0.15, -0.1) is 0 Å². The summed E-state index contributed by atoms with van der Waals surface area (Å²) in [4.78, 5) is 36.1. The second kappa shape index (κ2) is 12.0. The number of amides is 2. The number of carbonyl (C=O) groups excluding carboxylic acids is 3. The zero-order chi connectivity index (χ0) is 20.2. The van der Waals surface area contributed by atoms with Crippen LogP contribution in [0.2, 0.25) is 0 Å². The third-order valence-corrected chi connectivity index (χ3v) is 4.22. The van der Waals surface area contributed by atoms with Crippen LogP contribution in [-0.2, 0) is 25.5 Å². The Morgan fingerprint density at radius 3 is 2.37 bits per heavy atom. The molecule has 0 fully saturated rings. The van der Waals surface area contributed by atoms with E-state index in [9.17, 15) is 18.8 Å². The minimum absolute atomic E-state index is 0.0121. The molecule has 0 radical (unpaired) electrons. The lowest BCUT2D eigenvalue weighted by molar-refractivity contribution is -0.145. The van der Waals surface area contributed by atoms with Gasteiger partial charge >= 0.3 is 5.97 Å². The van der Waals surface area contributed by atoms with Crippen molar-refractivity contribution >= 4 is 17.8 Å². The van der Waals surface area contributed by atoms with E-state index in [1.807, 2.05) is 0 Å². The average molecular weight is 380 g/mol. The number of ether oxygens (including phenoxy) is 1.